The van der Waals surface area contributed by atoms with Crippen LogP contribution >= 0.6 is 11.3 Å². The zero-order valence-corrected chi connectivity index (χ0v) is 17.9. The molecule has 152 valence electrons. The molecular formula is C23H28N4OS. The molecule has 0 saturated carbocycles. The Morgan fingerprint density at radius 3 is 2.48 bits per heavy atom. The summed E-state index contributed by atoms with van der Waals surface area (Å²) in [6.07, 6.45) is 5.29. The van der Waals surface area contributed by atoms with Crippen molar-refractivity contribution in [3.63, 3.8) is 0 Å². The molecule has 29 heavy (non-hydrogen) atoms. The van der Waals surface area contributed by atoms with E-state index in [2.05, 4.69) is 39.4 Å². The standard InChI is InChI=1S/C23H28N4OS/c1-3-27(4-2)16-18-7-9-20(10-8-18)23(28)25-13-5-6-22-26-21(17-29-22)19-11-14-24-15-12-19/h7-12,14-15,17H,3-6,13,16H2,1-2H3,(H,25,28). The Hall–Kier alpha value is -2.57. The van der Waals surface area contributed by atoms with Crippen molar-refractivity contribution in [2.75, 3.05) is 19.6 Å². The van der Waals surface area contributed by atoms with E-state index in [4.69, 9.17) is 0 Å². The van der Waals surface area contributed by atoms with Gasteiger partial charge >= 0.3 is 0 Å². The number of carbonyl (C=O) groups excluding carboxylic acids is 1. The molecule has 0 bridgehead atoms. The van der Waals surface area contributed by atoms with Gasteiger partial charge in [0.1, 0.15) is 0 Å². The minimum atomic E-state index is -0.0176. The van der Waals surface area contributed by atoms with Gasteiger partial charge in [-0.2, -0.15) is 0 Å². The topological polar surface area (TPSA) is 58.1 Å². The van der Waals surface area contributed by atoms with E-state index in [-0.39, 0.29) is 5.91 Å². The Morgan fingerprint density at radius 1 is 1.07 bits per heavy atom. The summed E-state index contributed by atoms with van der Waals surface area (Å²) in [4.78, 5) is 23.4. The van der Waals surface area contributed by atoms with E-state index in [1.54, 1.807) is 23.7 Å². The fourth-order valence-electron chi connectivity index (χ4n) is 3.09. The van der Waals surface area contributed by atoms with E-state index >= 15 is 0 Å². The first-order valence-corrected chi connectivity index (χ1v) is 11.0. The van der Waals surface area contributed by atoms with E-state index in [9.17, 15) is 4.79 Å². The average Bonchev–Trinajstić information content (AvgIpc) is 3.25. The lowest BCUT2D eigenvalue weighted by molar-refractivity contribution is 0.0953. The van der Waals surface area contributed by atoms with Gasteiger partial charge in [-0.15, -0.1) is 11.3 Å². The number of nitrogens with zero attached hydrogens (tertiary/aromatic N) is 3. The van der Waals surface area contributed by atoms with Crippen LogP contribution < -0.4 is 5.32 Å². The monoisotopic (exact) mass is 408 g/mol. The quantitative estimate of drug-likeness (QED) is 0.505. The van der Waals surface area contributed by atoms with E-state index in [0.717, 1.165) is 48.7 Å². The molecule has 5 nitrogen and oxygen atoms in total. The van der Waals surface area contributed by atoms with Gasteiger partial charge in [0.15, 0.2) is 0 Å². The number of carbonyl (C=O) groups is 1. The summed E-state index contributed by atoms with van der Waals surface area (Å²) in [5.74, 6) is -0.0176. The van der Waals surface area contributed by atoms with Gasteiger partial charge in [0.2, 0.25) is 0 Å². The number of aromatic nitrogens is 2. The summed E-state index contributed by atoms with van der Waals surface area (Å²) in [7, 11) is 0. The molecule has 0 fully saturated rings. The second-order valence-electron chi connectivity index (χ2n) is 6.88. The number of nitrogens with one attached hydrogen (secondary N) is 1. The van der Waals surface area contributed by atoms with Gasteiger partial charge in [-0.1, -0.05) is 26.0 Å². The summed E-state index contributed by atoms with van der Waals surface area (Å²) in [6, 6.07) is 11.8. The van der Waals surface area contributed by atoms with Crippen molar-refractivity contribution in [1.82, 2.24) is 20.2 Å². The zero-order valence-electron chi connectivity index (χ0n) is 17.1. The molecule has 2 aromatic heterocycles. The molecule has 0 aliphatic rings. The van der Waals surface area contributed by atoms with Crippen molar-refractivity contribution in [2.24, 2.45) is 0 Å². The van der Waals surface area contributed by atoms with Crippen LogP contribution in [0, 0.1) is 0 Å². The number of thiazole rings is 1. The molecule has 1 N–H and O–H groups in total. The molecule has 1 amide bonds. The van der Waals surface area contributed by atoms with Gasteiger partial charge in [0, 0.05) is 48.4 Å². The number of aryl methyl sites for hydroxylation is 1. The minimum absolute atomic E-state index is 0.0176. The Bertz CT molecular complexity index is 889. The normalized spacial score (nSPS) is 11.0. The fourth-order valence-corrected chi connectivity index (χ4v) is 3.94. The van der Waals surface area contributed by atoms with Crippen molar-refractivity contribution in [1.29, 1.82) is 0 Å². The largest absolute Gasteiger partial charge is 0.352 e. The van der Waals surface area contributed by atoms with Crippen molar-refractivity contribution >= 4 is 17.2 Å². The van der Waals surface area contributed by atoms with Crippen LogP contribution in [-0.4, -0.2) is 40.4 Å². The number of rotatable bonds is 10. The van der Waals surface area contributed by atoms with Crippen molar-refractivity contribution in [2.45, 2.75) is 33.2 Å². The Labute approximate surface area is 176 Å². The van der Waals surface area contributed by atoms with Crippen LogP contribution in [-0.2, 0) is 13.0 Å². The number of amides is 1. The average molecular weight is 409 g/mol. The molecule has 3 aromatic rings. The van der Waals surface area contributed by atoms with E-state index < -0.39 is 0 Å². The number of hydrogen-bond acceptors (Lipinski definition) is 5. The summed E-state index contributed by atoms with van der Waals surface area (Å²) in [6.45, 7) is 7.95. The van der Waals surface area contributed by atoms with Gasteiger partial charge in [0.05, 0.1) is 10.7 Å². The maximum Gasteiger partial charge on any atom is 0.251 e. The second-order valence-corrected chi connectivity index (χ2v) is 7.82. The second kappa shape index (κ2) is 10.8. The lowest BCUT2D eigenvalue weighted by Crippen LogP contribution is -2.25. The highest BCUT2D eigenvalue weighted by atomic mass is 32.1. The maximum absolute atomic E-state index is 12.4. The van der Waals surface area contributed by atoms with Crippen LogP contribution in [0.15, 0.2) is 54.2 Å². The maximum atomic E-state index is 12.4. The molecule has 0 saturated heterocycles. The molecule has 0 aliphatic heterocycles. The fraction of sp³-hybridized carbons (Fsp3) is 0.348. The SMILES string of the molecule is CCN(CC)Cc1ccc(C(=O)NCCCc2nc(-c3ccncc3)cs2)cc1. The van der Waals surface area contributed by atoms with Gasteiger partial charge in [-0.05, 0) is 49.3 Å². The molecular weight excluding hydrogens is 380 g/mol. The number of pyridine rings is 1. The number of hydrogen-bond donors (Lipinski definition) is 1. The highest BCUT2D eigenvalue weighted by Gasteiger charge is 2.08. The lowest BCUT2D eigenvalue weighted by atomic mass is 10.1. The summed E-state index contributed by atoms with van der Waals surface area (Å²) in [5, 5.41) is 6.17. The van der Waals surface area contributed by atoms with Crippen LogP contribution in [0.2, 0.25) is 0 Å². The third kappa shape index (κ3) is 6.21. The third-order valence-electron chi connectivity index (χ3n) is 4.90. The van der Waals surface area contributed by atoms with Crippen LogP contribution in [0.3, 0.4) is 0 Å². The zero-order chi connectivity index (χ0) is 20.5. The highest BCUT2D eigenvalue weighted by Crippen LogP contribution is 2.21. The van der Waals surface area contributed by atoms with Crippen molar-refractivity contribution in [3.05, 3.63) is 70.3 Å². The first kappa shape index (κ1) is 21.1. The molecule has 0 radical (unpaired) electrons. The molecule has 0 atom stereocenters. The summed E-state index contributed by atoms with van der Waals surface area (Å²) >= 11 is 1.66. The van der Waals surface area contributed by atoms with Crippen LogP contribution in [0.25, 0.3) is 11.3 Å². The Kier molecular flexibility index (Phi) is 7.90. The third-order valence-corrected chi connectivity index (χ3v) is 5.81. The highest BCUT2D eigenvalue weighted by molar-refractivity contribution is 7.09. The first-order chi connectivity index (χ1) is 14.2. The van der Waals surface area contributed by atoms with Gasteiger partial charge in [0.25, 0.3) is 5.91 Å². The lowest BCUT2D eigenvalue weighted by Gasteiger charge is -2.18. The summed E-state index contributed by atoms with van der Waals surface area (Å²) in [5.41, 5.74) is 4.02. The van der Waals surface area contributed by atoms with Gasteiger partial charge < -0.3 is 5.32 Å². The van der Waals surface area contributed by atoms with Crippen LogP contribution in [0.4, 0.5) is 0 Å². The van der Waals surface area contributed by atoms with Crippen molar-refractivity contribution < 1.29 is 4.79 Å². The van der Waals surface area contributed by atoms with E-state index in [1.165, 1.54) is 5.56 Å². The van der Waals surface area contributed by atoms with Crippen LogP contribution in [0.5, 0.6) is 0 Å². The molecule has 0 spiro atoms. The Morgan fingerprint density at radius 2 is 1.79 bits per heavy atom. The van der Waals surface area contributed by atoms with Gasteiger partial charge in [-0.25, -0.2) is 4.98 Å². The molecule has 3 rings (SSSR count). The number of benzene rings is 1. The predicted octanol–water partition coefficient (Wildman–Crippen LogP) is 4.41. The first-order valence-electron chi connectivity index (χ1n) is 10.1. The smallest absolute Gasteiger partial charge is 0.251 e. The Balaban J connectivity index is 1.42. The predicted molar refractivity (Wildman–Crippen MR) is 119 cm³/mol. The van der Waals surface area contributed by atoms with Crippen LogP contribution in [0.1, 0.15) is 41.2 Å². The molecule has 0 aliphatic carbocycles. The molecule has 6 heteroatoms. The molecule has 0 unspecified atom stereocenters. The van der Waals surface area contributed by atoms with E-state index in [0.29, 0.717) is 12.1 Å². The minimum Gasteiger partial charge on any atom is -0.352 e. The van der Waals surface area contributed by atoms with E-state index in [1.807, 2.05) is 36.4 Å². The summed E-state index contributed by atoms with van der Waals surface area (Å²) < 4.78 is 0. The molecule has 2 heterocycles. The van der Waals surface area contributed by atoms with Crippen molar-refractivity contribution in [3.8, 4) is 11.3 Å². The van der Waals surface area contributed by atoms with Gasteiger partial charge in [-0.3, -0.25) is 14.7 Å². The molecule has 1 aromatic carbocycles.